The van der Waals surface area contributed by atoms with Gasteiger partial charge in [-0.2, -0.15) is 0 Å². The molecule has 0 aliphatic heterocycles. The van der Waals surface area contributed by atoms with Crippen LogP contribution in [-0.2, 0) is 16.1 Å². The highest BCUT2D eigenvalue weighted by Crippen LogP contribution is 2.07. The first-order chi connectivity index (χ1) is 11.8. The third kappa shape index (κ3) is 12.1. The van der Waals surface area contributed by atoms with Gasteiger partial charge in [-0.15, -0.1) is 0 Å². The predicted octanol–water partition coefficient (Wildman–Crippen LogP) is 6.25. The number of allylic oxidation sites excluding steroid dienone is 2. The molecular formula is C22H34O2. The molecule has 134 valence electrons. The van der Waals surface area contributed by atoms with Gasteiger partial charge < -0.3 is 4.74 Å². The smallest absolute Gasteiger partial charge is 0.155 e. The van der Waals surface area contributed by atoms with E-state index in [0.29, 0.717) is 13.0 Å². The van der Waals surface area contributed by atoms with Gasteiger partial charge in [0, 0.05) is 13.0 Å². The number of unbranched alkanes of at least 4 members (excludes halogenated alkanes) is 7. The van der Waals surface area contributed by atoms with Crippen molar-refractivity contribution in [1.82, 2.24) is 0 Å². The molecule has 0 aliphatic carbocycles. The van der Waals surface area contributed by atoms with Gasteiger partial charge in [-0.25, -0.2) is 0 Å². The molecule has 0 atom stereocenters. The summed E-state index contributed by atoms with van der Waals surface area (Å²) in [5.74, 6) is 0.272. The molecule has 1 aromatic carbocycles. The van der Waals surface area contributed by atoms with Crippen LogP contribution in [0.5, 0.6) is 0 Å². The lowest BCUT2D eigenvalue weighted by Crippen LogP contribution is -1.97. The van der Waals surface area contributed by atoms with Crippen LogP contribution in [0.3, 0.4) is 0 Å². The number of carbonyl (C=O) groups excluding carboxylic acids is 1. The van der Waals surface area contributed by atoms with Gasteiger partial charge in [-0.3, -0.25) is 4.79 Å². The second kappa shape index (κ2) is 15.1. The topological polar surface area (TPSA) is 26.3 Å². The highest BCUT2D eigenvalue weighted by atomic mass is 16.5. The lowest BCUT2D eigenvalue weighted by molar-refractivity contribution is -0.114. The second-order valence-electron chi connectivity index (χ2n) is 6.42. The molecule has 0 unspecified atom stereocenters. The van der Waals surface area contributed by atoms with Crippen LogP contribution >= 0.6 is 0 Å². The summed E-state index contributed by atoms with van der Waals surface area (Å²) in [4.78, 5) is 11.7. The van der Waals surface area contributed by atoms with E-state index in [9.17, 15) is 4.79 Å². The Kier molecular flexibility index (Phi) is 13.0. The summed E-state index contributed by atoms with van der Waals surface area (Å²) < 4.78 is 5.65. The number of benzene rings is 1. The van der Waals surface area contributed by atoms with E-state index in [1.54, 1.807) is 6.08 Å². The Bertz CT molecular complexity index is 437. The predicted molar refractivity (Wildman–Crippen MR) is 102 cm³/mol. The van der Waals surface area contributed by atoms with Gasteiger partial charge in [0.15, 0.2) is 5.78 Å². The van der Waals surface area contributed by atoms with Crippen molar-refractivity contribution in [2.45, 2.75) is 77.7 Å². The molecular weight excluding hydrogens is 296 g/mol. The second-order valence-corrected chi connectivity index (χ2v) is 6.42. The van der Waals surface area contributed by atoms with Crippen molar-refractivity contribution in [3.05, 3.63) is 48.0 Å². The van der Waals surface area contributed by atoms with Crippen molar-refractivity contribution >= 4 is 5.78 Å². The van der Waals surface area contributed by atoms with Crippen LogP contribution in [0.15, 0.2) is 42.5 Å². The number of ether oxygens (including phenoxy) is 1. The molecule has 0 radical (unpaired) electrons. The van der Waals surface area contributed by atoms with Crippen LogP contribution in [0.1, 0.15) is 76.7 Å². The average molecular weight is 331 g/mol. The first-order valence-corrected chi connectivity index (χ1v) is 9.64. The van der Waals surface area contributed by atoms with Gasteiger partial charge >= 0.3 is 0 Å². The van der Waals surface area contributed by atoms with Crippen LogP contribution < -0.4 is 0 Å². The van der Waals surface area contributed by atoms with Gasteiger partial charge in [0.1, 0.15) is 0 Å². The SMILES string of the molecule is CCCCCCC/C=C\C(=O)CCCCCOCc1ccccc1. The number of ketones is 1. The zero-order chi connectivity index (χ0) is 17.3. The fraction of sp³-hybridized carbons (Fsp3) is 0.591. The van der Waals surface area contributed by atoms with Crippen molar-refractivity contribution in [3.8, 4) is 0 Å². The lowest BCUT2D eigenvalue weighted by Gasteiger charge is -2.04. The molecule has 0 heterocycles. The molecule has 24 heavy (non-hydrogen) atoms. The summed E-state index contributed by atoms with van der Waals surface area (Å²) in [5, 5.41) is 0. The largest absolute Gasteiger partial charge is 0.377 e. The lowest BCUT2D eigenvalue weighted by atomic mass is 10.1. The Hall–Kier alpha value is -1.41. The maximum atomic E-state index is 11.7. The highest BCUT2D eigenvalue weighted by Gasteiger charge is 1.97. The summed E-state index contributed by atoms with van der Waals surface area (Å²) in [6, 6.07) is 10.2. The van der Waals surface area contributed by atoms with E-state index in [0.717, 1.165) is 32.3 Å². The molecule has 2 nitrogen and oxygen atoms in total. The minimum absolute atomic E-state index is 0.272. The van der Waals surface area contributed by atoms with E-state index in [-0.39, 0.29) is 5.78 Å². The molecule has 1 aromatic rings. The number of carbonyl (C=O) groups is 1. The Morgan fingerprint density at radius 3 is 2.50 bits per heavy atom. The Morgan fingerprint density at radius 1 is 0.958 bits per heavy atom. The zero-order valence-electron chi connectivity index (χ0n) is 15.3. The fourth-order valence-electron chi connectivity index (χ4n) is 2.61. The van der Waals surface area contributed by atoms with E-state index < -0.39 is 0 Å². The zero-order valence-corrected chi connectivity index (χ0v) is 15.3. The van der Waals surface area contributed by atoms with Crippen molar-refractivity contribution in [2.75, 3.05) is 6.61 Å². The number of hydrogen-bond acceptors (Lipinski definition) is 2. The van der Waals surface area contributed by atoms with Crippen molar-refractivity contribution in [2.24, 2.45) is 0 Å². The highest BCUT2D eigenvalue weighted by molar-refractivity contribution is 5.89. The number of rotatable bonds is 15. The minimum atomic E-state index is 0.272. The molecule has 1 rings (SSSR count). The number of hydrogen-bond donors (Lipinski definition) is 0. The molecule has 0 spiro atoms. The molecule has 0 aromatic heterocycles. The van der Waals surface area contributed by atoms with Crippen LogP contribution in [0.2, 0.25) is 0 Å². The normalized spacial score (nSPS) is 11.2. The van der Waals surface area contributed by atoms with Gasteiger partial charge in [0.2, 0.25) is 0 Å². The first-order valence-electron chi connectivity index (χ1n) is 9.64. The summed E-state index contributed by atoms with van der Waals surface area (Å²) >= 11 is 0. The van der Waals surface area contributed by atoms with Gasteiger partial charge in [-0.1, -0.05) is 75.4 Å². The van der Waals surface area contributed by atoms with Gasteiger partial charge in [0.05, 0.1) is 6.61 Å². The van der Waals surface area contributed by atoms with Crippen molar-refractivity contribution in [3.63, 3.8) is 0 Å². The van der Waals surface area contributed by atoms with E-state index in [4.69, 9.17) is 4.74 Å². The van der Waals surface area contributed by atoms with Gasteiger partial charge in [-0.05, 0) is 37.3 Å². The Morgan fingerprint density at radius 2 is 1.71 bits per heavy atom. The monoisotopic (exact) mass is 330 g/mol. The minimum Gasteiger partial charge on any atom is -0.377 e. The van der Waals surface area contributed by atoms with E-state index >= 15 is 0 Å². The van der Waals surface area contributed by atoms with E-state index in [2.05, 4.69) is 25.1 Å². The maximum absolute atomic E-state index is 11.7. The molecule has 0 bridgehead atoms. The van der Waals surface area contributed by atoms with Gasteiger partial charge in [0.25, 0.3) is 0 Å². The van der Waals surface area contributed by atoms with E-state index in [1.165, 1.54) is 37.7 Å². The standard InChI is InChI=1S/C22H34O2/c1-2-3-4-5-6-7-12-17-22(23)18-13-9-14-19-24-20-21-15-10-8-11-16-21/h8,10-12,15-17H,2-7,9,13-14,18-20H2,1H3/b17-12-. The molecule has 0 saturated heterocycles. The third-order valence-corrected chi connectivity index (χ3v) is 4.10. The summed E-state index contributed by atoms with van der Waals surface area (Å²) in [6.07, 6.45) is 15.0. The van der Waals surface area contributed by atoms with Crippen LogP contribution in [0.25, 0.3) is 0 Å². The Labute approximate surface area is 148 Å². The third-order valence-electron chi connectivity index (χ3n) is 4.10. The summed E-state index contributed by atoms with van der Waals surface area (Å²) in [6.45, 7) is 3.69. The molecule has 2 heteroatoms. The average Bonchev–Trinajstić information content (AvgIpc) is 2.61. The summed E-state index contributed by atoms with van der Waals surface area (Å²) in [5.41, 5.74) is 1.22. The molecule has 0 amide bonds. The van der Waals surface area contributed by atoms with Crippen LogP contribution in [0.4, 0.5) is 0 Å². The summed E-state index contributed by atoms with van der Waals surface area (Å²) in [7, 11) is 0. The molecule has 0 fully saturated rings. The quantitative estimate of drug-likeness (QED) is 0.281. The van der Waals surface area contributed by atoms with Crippen LogP contribution in [-0.4, -0.2) is 12.4 Å². The molecule has 0 aliphatic rings. The van der Waals surface area contributed by atoms with Crippen LogP contribution in [0, 0.1) is 0 Å². The van der Waals surface area contributed by atoms with E-state index in [1.807, 2.05) is 18.2 Å². The molecule has 0 N–H and O–H groups in total. The Balaban J connectivity index is 1.88. The first kappa shape index (κ1) is 20.6. The maximum Gasteiger partial charge on any atom is 0.155 e. The molecule has 0 saturated carbocycles. The van der Waals surface area contributed by atoms with Crippen molar-refractivity contribution in [1.29, 1.82) is 0 Å². The fourth-order valence-corrected chi connectivity index (χ4v) is 2.61. The van der Waals surface area contributed by atoms with Crippen molar-refractivity contribution < 1.29 is 9.53 Å².